The van der Waals surface area contributed by atoms with Crippen LogP contribution in [0.3, 0.4) is 0 Å². The maximum absolute atomic E-state index is 13.4. The number of alkyl halides is 1. The molecule has 10 unspecified atom stereocenters. The van der Waals surface area contributed by atoms with E-state index in [1.165, 1.54) is 0 Å². The summed E-state index contributed by atoms with van der Waals surface area (Å²) in [6.45, 7) is 0.412. The lowest BCUT2D eigenvalue weighted by Gasteiger charge is -2.41. The van der Waals surface area contributed by atoms with Gasteiger partial charge < -0.3 is 24.8 Å². The van der Waals surface area contributed by atoms with E-state index in [2.05, 4.69) is 19.9 Å². The molecule has 3 aliphatic rings. The minimum Gasteiger partial charge on any atom is -0.392 e. The van der Waals surface area contributed by atoms with Crippen LogP contribution in [-0.4, -0.2) is 76.8 Å². The molecule has 0 aromatic carbocycles. The van der Waals surface area contributed by atoms with E-state index in [4.69, 9.17) is 9.47 Å². The highest BCUT2D eigenvalue weighted by molar-refractivity contribution is 7.17. The van der Waals surface area contributed by atoms with E-state index in [9.17, 15) is 19.7 Å². The Morgan fingerprint density at radius 3 is 1.96 bits per heavy atom. The third kappa shape index (κ3) is 5.08. The Morgan fingerprint density at radius 1 is 0.840 bits per heavy atom. The lowest BCUT2D eigenvalue weighted by molar-refractivity contribution is -0.196. The largest absolute Gasteiger partial charge is 0.392 e. The number of hydrogen-bond acceptors (Lipinski definition) is 7. The second-order valence-corrected chi connectivity index (χ2v) is 8.23. The van der Waals surface area contributed by atoms with Crippen LogP contribution in [0, 0.1) is 0 Å². The average molecular weight is 380 g/mol. The van der Waals surface area contributed by atoms with Crippen molar-refractivity contribution >= 4 is 9.24 Å². The number of nitrogens with one attached hydrogen (secondary N) is 2. The second-order valence-electron chi connectivity index (χ2n) is 7.37. The standard InChI is InChI=1S/C16H30FN2O5P/c17-10-3-1-8(5-11(10)20)23-15-14(22)16(19-7-18-15)24-9-2-4-13(25)12(21)6-9/h8-16,18-22H,1-7,25H2. The number of aliphatic hydroxyl groups excluding tert-OH is 3. The van der Waals surface area contributed by atoms with Gasteiger partial charge in [0.15, 0.2) is 0 Å². The first-order chi connectivity index (χ1) is 11.9. The molecular formula is C16H30FN2O5P. The van der Waals surface area contributed by atoms with Crippen LogP contribution in [0.4, 0.5) is 4.39 Å². The zero-order valence-corrected chi connectivity index (χ0v) is 15.4. The van der Waals surface area contributed by atoms with Gasteiger partial charge in [-0.15, -0.1) is 9.24 Å². The molecule has 5 N–H and O–H groups in total. The van der Waals surface area contributed by atoms with Gasteiger partial charge in [-0.2, -0.15) is 0 Å². The molecule has 25 heavy (non-hydrogen) atoms. The molecule has 0 aromatic rings. The smallest absolute Gasteiger partial charge is 0.139 e. The molecule has 3 fully saturated rings. The van der Waals surface area contributed by atoms with Crippen LogP contribution in [0.2, 0.25) is 0 Å². The van der Waals surface area contributed by atoms with Gasteiger partial charge in [-0.1, -0.05) is 0 Å². The van der Waals surface area contributed by atoms with E-state index in [0.29, 0.717) is 19.5 Å². The van der Waals surface area contributed by atoms with Gasteiger partial charge in [0.2, 0.25) is 0 Å². The Labute approximate surface area is 149 Å². The molecule has 0 aromatic heterocycles. The van der Waals surface area contributed by atoms with Crippen molar-refractivity contribution in [2.24, 2.45) is 0 Å². The maximum Gasteiger partial charge on any atom is 0.139 e. The van der Waals surface area contributed by atoms with Crippen LogP contribution in [0.1, 0.15) is 38.5 Å². The van der Waals surface area contributed by atoms with Gasteiger partial charge in [0, 0.05) is 19.5 Å². The molecule has 1 heterocycles. The van der Waals surface area contributed by atoms with Crippen molar-refractivity contribution in [3.05, 3.63) is 0 Å². The summed E-state index contributed by atoms with van der Waals surface area (Å²) in [6, 6.07) is 0. The van der Waals surface area contributed by atoms with Gasteiger partial charge >= 0.3 is 0 Å². The first-order valence-corrected chi connectivity index (χ1v) is 9.82. The molecule has 0 bridgehead atoms. The summed E-state index contributed by atoms with van der Waals surface area (Å²) >= 11 is 0. The summed E-state index contributed by atoms with van der Waals surface area (Å²) in [5.41, 5.74) is 0.193. The highest BCUT2D eigenvalue weighted by atomic mass is 31.0. The van der Waals surface area contributed by atoms with E-state index in [-0.39, 0.29) is 30.7 Å². The predicted molar refractivity (Wildman–Crippen MR) is 92.6 cm³/mol. The van der Waals surface area contributed by atoms with Crippen LogP contribution >= 0.6 is 9.24 Å². The lowest BCUT2D eigenvalue weighted by atomic mass is 9.93. The third-order valence-corrected chi connectivity index (χ3v) is 6.19. The number of rotatable bonds is 4. The molecule has 0 amide bonds. The molecule has 2 saturated carbocycles. The van der Waals surface area contributed by atoms with Gasteiger partial charge in [-0.05, 0) is 31.3 Å². The summed E-state index contributed by atoms with van der Waals surface area (Å²) in [5.74, 6) is 0. The van der Waals surface area contributed by atoms with Crippen LogP contribution in [0.25, 0.3) is 0 Å². The molecular weight excluding hydrogens is 350 g/mol. The summed E-state index contributed by atoms with van der Waals surface area (Å²) in [6.07, 6.45) is -1.90. The normalized spacial score (nSPS) is 49.1. The molecule has 1 saturated heterocycles. The summed E-state index contributed by atoms with van der Waals surface area (Å²) in [5, 5.41) is 36.3. The fourth-order valence-electron chi connectivity index (χ4n) is 3.78. The Kier molecular flexibility index (Phi) is 7.02. The van der Waals surface area contributed by atoms with Crippen molar-refractivity contribution in [2.45, 2.75) is 93.3 Å². The minimum absolute atomic E-state index is 0.110. The van der Waals surface area contributed by atoms with Gasteiger partial charge in [0.1, 0.15) is 24.7 Å². The van der Waals surface area contributed by atoms with E-state index < -0.39 is 36.9 Å². The van der Waals surface area contributed by atoms with Gasteiger partial charge in [-0.25, -0.2) is 4.39 Å². The van der Waals surface area contributed by atoms with Crippen molar-refractivity contribution in [3.63, 3.8) is 0 Å². The molecule has 146 valence electrons. The topological polar surface area (TPSA) is 103 Å². The quantitative estimate of drug-likeness (QED) is 0.423. The number of hydrogen-bond donors (Lipinski definition) is 5. The molecule has 7 nitrogen and oxygen atoms in total. The first kappa shape index (κ1) is 19.8. The van der Waals surface area contributed by atoms with E-state index in [1.54, 1.807) is 0 Å². The molecule has 2 aliphatic carbocycles. The number of aliphatic hydroxyl groups is 3. The van der Waals surface area contributed by atoms with Crippen LogP contribution in [0.5, 0.6) is 0 Å². The second kappa shape index (κ2) is 8.85. The van der Waals surface area contributed by atoms with E-state index >= 15 is 0 Å². The van der Waals surface area contributed by atoms with Gasteiger partial charge in [-0.3, -0.25) is 10.6 Å². The SMILES string of the molecule is OC1CC(OC2NCNC(OC3CCC(P)C(O)C3)C2O)CCC1F. The monoisotopic (exact) mass is 380 g/mol. The molecule has 1 aliphatic heterocycles. The van der Waals surface area contributed by atoms with E-state index in [1.807, 2.05) is 0 Å². The molecule has 10 atom stereocenters. The van der Waals surface area contributed by atoms with Crippen molar-refractivity contribution in [3.8, 4) is 0 Å². The molecule has 0 radical (unpaired) electrons. The Morgan fingerprint density at radius 2 is 1.40 bits per heavy atom. The Bertz CT molecular complexity index is 401. The zero-order chi connectivity index (χ0) is 18.0. The fraction of sp³-hybridized carbons (Fsp3) is 1.00. The molecule has 3 rings (SSSR count). The predicted octanol–water partition coefficient (Wildman–Crippen LogP) is -0.408. The molecule has 9 heteroatoms. The summed E-state index contributed by atoms with van der Waals surface area (Å²) in [4.78, 5) is 0. The summed E-state index contributed by atoms with van der Waals surface area (Å²) < 4.78 is 25.2. The van der Waals surface area contributed by atoms with Crippen molar-refractivity contribution in [1.29, 1.82) is 0 Å². The fourth-order valence-corrected chi connectivity index (χ4v) is 4.13. The Balaban J connectivity index is 1.50. The average Bonchev–Trinajstić information content (AvgIpc) is 2.58. The highest BCUT2D eigenvalue weighted by Crippen LogP contribution is 2.29. The highest BCUT2D eigenvalue weighted by Gasteiger charge is 2.39. The minimum atomic E-state index is -1.19. The van der Waals surface area contributed by atoms with Crippen LogP contribution in [0.15, 0.2) is 0 Å². The van der Waals surface area contributed by atoms with Crippen LogP contribution < -0.4 is 10.6 Å². The molecule has 0 spiro atoms. The van der Waals surface area contributed by atoms with Gasteiger partial charge in [0.05, 0.1) is 24.4 Å². The Hall–Kier alpha value is 0.0800. The maximum atomic E-state index is 13.4. The first-order valence-electron chi connectivity index (χ1n) is 9.15. The number of halogens is 1. The van der Waals surface area contributed by atoms with Crippen LogP contribution in [-0.2, 0) is 9.47 Å². The lowest BCUT2D eigenvalue weighted by Crippen LogP contribution is -2.64. The summed E-state index contributed by atoms with van der Waals surface area (Å²) in [7, 11) is 2.66. The van der Waals surface area contributed by atoms with Crippen molar-refractivity contribution < 1.29 is 29.2 Å². The zero-order valence-electron chi connectivity index (χ0n) is 14.3. The van der Waals surface area contributed by atoms with Gasteiger partial charge in [0.25, 0.3) is 0 Å². The van der Waals surface area contributed by atoms with Crippen molar-refractivity contribution in [2.75, 3.05) is 6.67 Å². The van der Waals surface area contributed by atoms with E-state index in [0.717, 1.165) is 12.8 Å². The number of ether oxygens (including phenoxy) is 2. The third-order valence-electron chi connectivity index (χ3n) is 5.41. The van der Waals surface area contributed by atoms with Crippen molar-refractivity contribution in [1.82, 2.24) is 10.6 Å².